The Bertz CT molecular complexity index is 1100. The van der Waals surface area contributed by atoms with E-state index in [1.807, 2.05) is 6.92 Å². The predicted octanol–water partition coefficient (Wildman–Crippen LogP) is 3.69. The lowest BCUT2D eigenvalue weighted by atomic mass is 9.89. The minimum atomic E-state index is -0.751. The van der Waals surface area contributed by atoms with Crippen molar-refractivity contribution in [3.63, 3.8) is 0 Å². The molecule has 1 atom stereocenters. The van der Waals surface area contributed by atoms with Gasteiger partial charge in [-0.2, -0.15) is 0 Å². The van der Waals surface area contributed by atoms with Crippen molar-refractivity contribution in [1.29, 1.82) is 0 Å². The van der Waals surface area contributed by atoms with E-state index >= 15 is 0 Å². The van der Waals surface area contributed by atoms with Crippen LogP contribution in [0.2, 0.25) is 0 Å². The summed E-state index contributed by atoms with van der Waals surface area (Å²) in [5, 5.41) is 3.26. The summed E-state index contributed by atoms with van der Waals surface area (Å²) < 4.78 is 14.5. The molecule has 142 valence electrons. The van der Waals surface area contributed by atoms with Gasteiger partial charge in [-0.15, -0.1) is 0 Å². The molecule has 3 N–H and O–H groups in total. The Hall–Kier alpha value is -3.00. The van der Waals surface area contributed by atoms with Crippen molar-refractivity contribution in [2.24, 2.45) is 10.7 Å². The van der Waals surface area contributed by atoms with Crippen LogP contribution in [0.5, 0.6) is 0 Å². The van der Waals surface area contributed by atoms with Crippen molar-refractivity contribution in [1.82, 2.24) is 9.97 Å². The topological polar surface area (TPSA) is 93.3 Å². The summed E-state index contributed by atoms with van der Waals surface area (Å²) in [5.74, 6) is 0.0855. The number of fused-ring (bicyclic) bond motifs is 1. The number of benzene rings is 2. The van der Waals surface area contributed by atoms with Gasteiger partial charge in [-0.25, -0.2) is 4.39 Å². The van der Waals surface area contributed by atoms with Crippen molar-refractivity contribution in [2.75, 3.05) is 11.1 Å². The lowest BCUT2D eigenvalue weighted by Gasteiger charge is -2.30. The van der Waals surface area contributed by atoms with Crippen LogP contribution >= 0.6 is 11.8 Å². The monoisotopic (exact) mass is 395 g/mol. The van der Waals surface area contributed by atoms with Gasteiger partial charge in [0.2, 0.25) is 0 Å². The summed E-state index contributed by atoms with van der Waals surface area (Å²) in [7, 11) is 0. The molecule has 4 rings (SSSR count). The molecule has 1 aromatic heterocycles. The second-order valence-corrected chi connectivity index (χ2v) is 7.85. The van der Waals surface area contributed by atoms with Gasteiger partial charge in [-0.3, -0.25) is 19.8 Å². The molecule has 1 unspecified atom stereocenters. The third kappa shape index (κ3) is 3.55. The van der Waals surface area contributed by atoms with E-state index in [9.17, 15) is 9.18 Å². The largest absolute Gasteiger partial charge is 0.379 e. The number of nitrogens with one attached hydrogen (secondary N) is 1. The Kier molecular flexibility index (Phi) is 4.72. The number of aliphatic imine (C=N–C) groups is 1. The summed E-state index contributed by atoms with van der Waals surface area (Å²) in [6, 6.07) is 9.60. The van der Waals surface area contributed by atoms with E-state index in [2.05, 4.69) is 20.3 Å². The molecule has 1 amide bonds. The molecule has 0 saturated heterocycles. The number of nitrogens with two attached hydrogens (primary N) is 1. The first-order valence-corrected chi connectivity index (χ1v) is 9.73. The molecule has 1 aliphatic rings. The van der Waals surface area contributed by atoms with Gasteiger partial charge >= 0.3 is 0 Å². The maximum absolute atomic E-state index is 14.5. The highest BCUT2D eigenvalue weighted by atomic mass is 32.2. The molecule has 2 heterocycles. The lowest BCUT2D eigenvalue weighted by Crippen LogP contribution is -2.29. The maximum atomic E-state index is 14.5. The van der Waals surface area contributed by atoms with Gasteiger partial charge in [0.05, 0.1) is 16.6 Å². The standard InChI is InChI=1S/C20H18FN5OS/c1-20(6-9-28-19(22)26-20)14-11-13(3-4-15(14)21)25-18(27)12-2-5-16-17(10-12)24-8-7-23-16/h2-5,7-8,10-11H,6,9H2,1H3,(H2,22,26)(H,25,27). The number of amides is 1. The Balaban J connectivity index is 1.63. The summed E-state index contributed by atoms with van der Waals surface area (Å²) >= 11 is 1.46. The van der Waals surface area contributed by atoms with E-state index in [0.29, 0.717) is 39.4 Å². The molecule has 0 aliphatic carbocycles. The predicted molar refractivity (Wildman–Crippen MR) is 110 cm³/mol. The highest BCUT2D eigenvalue weighted by molar-refractivity contribution is 8.13. The minimum absolute atomic E-state index is 0.308. The molecule has 28 heavy (non-hydrogen) atoms. The van der Waals surface area contributed by atoms with Gasteiger partial charge in [-0.05, 0) is 49.7 Å². The fourth-order valence-electron chi connectivity index (χ4n) is 3.20. The second kappa shape index (κ2) is 7.20. The molecular weight excluding hydrogens is 377 g/mol. The van der Waals surface area contributed by atoms with Crippen molar-refractivity contribution in [3.8, 4) is 0 Å². The average Bonchev–Trinajstić information content (AvgIpc) is 2.68. The number of amidine groups is 1. The molecule has 0 fully saturated rings. The number of anilines is 1. The first kappa shape index (κ1) is 18.4. The fourth-order valence-corrected chi connectivity index (χ4v) is 4.18. The molecule has 1 aliphatic heterocycles. The molecule has 6 nitrogen and oxygen atoms in total. The van der Waals surface area contributed by atoms with Gasteiger partial charge in [0.25, 0.3) is 5.91 Å². The first-order chi connectivity index (χ1) is 13.4. The molecule has 0 saturated carbocycles. The van der Waals surface area contributed by atoms with Crippen molar-refractivity contribution in [2.45, 2.75) is 18.9 Å². The quantitative estimate of drug-likeness (QED) is 0.705. The molecule has 3 aromatic rings. The molecule has 0 radical (unpaired) electrons. The third-order valence-corrected chi connectivity index (χ3v) is 5.53. The number of hydrogen-bond acceptors (Lipinski definition) is 6. The third-order valence-electron chi connectivity index (χ3n) is 4.73. The highest BCUT2D eigenvalue weighted by Crippen LogP contribution is 2.37. The number of thioether (sulfide) groups is 1. The molecule has 0 spiro atoms. The van der Waals surface area contributed by atoms with Gasteiger partial charge in [0.15, 0.2) is 5.17 Å². The summed E-state index contributed by atoms with van der Waals surface area (Å²) in [4.78, 5) is 25.5. The van der Waals surface area contributed by atoms with Crippen LogP contribution < -0.4 is 11.1 Å². The SMILES string of the molecule is CC1(c2cc(NC(=O)c3ccc4nccnc4c3)ccc2F)CCSC(N)=N1. The number of hydrogen-bond donors (Lipinski definition) is 2. The van der Waals surface area contributed by atoms with Crippen LogP contribution in [0.4, 0.5) is 10.1 Å². The molecular formula is C20H18FN5OS. The highest BCUT2D eigenvalue weighted by Gasteiger charge is 2.32. The van der Waals surface area contributed by atoms with Crippen molar-refractivity contribution in [3.05, 3.63) is 65.7 Å². The molecule has 0 bridgehead atoms. The second-order valence-electron chi connectivity index (χ2n) is 6.73. The van der Waals surface area contributed by atoms with Crippen LogP contribution in [0.1, 0.15) is 29.3 Å². The van der Waals surface area contributed by atoms with E-state index in [0.717, 1.165) is 5.75 Å². The number of carbonyl (C=O) groups is 1. The number of halogens is 1. The number of nitrogens with zero attached hydrogens (tertiary/aromatic N) is 3. The van der Waals surface area contributed by atoms with E-state index in [1.54, 1.807) is 36.7 Å². The number of aromatic nitrogens is 2. The maximum Gasteiger partial charge on any atom is 0.255 e. The normalized spacial score (nSPS) is 19.3. The number of rotatable bonds is 3. The summed E-state index contributed by atoms with van der Waals surface area (Å²) in [6.07, 6.45) is 3.84. The van der Waals surface area contributed by atoms with E-state index in [1.165, 1.54) is 23.9 Å². The van der Waals surface area contributed by atoms with Gasteiger partial charge in [0, 0.05) is 35.0 Å². The summed E-state index contributed by atoms with van der Waals surface area (Å²) in [6.45, 7) is 1.85. The average molecular weight is 395 g/mol. The number of carbonyl (C=O) groups excluding carboxylic acids is 1. The van der Waals surface area contributed by atoms with Crippen molar-refractivity contribution >= 4 is 39.6 Å². The molecule has 8 heteroatoms. The Morgan fingerprint density at radius 1 is 1.18 bits per heavy atom. The van der Waals surface area contributed by atoms with Crippen molar-refractivity contribution < 1.29 is 9.18 Å². The van der Waals surface area contributed by atoms with E-state index in [-0.39, 0.29) is 11.7 Å². The van der Waals surface area contributed by atoms with Crippen LogP contribution in [-0.4, -0.2) is 26.8 Å². The Labute approximate surface area is 165 Å². The smallest absolute Gasteiger partial charge is 0.255 e. The van der Waals surface area contributed by atoms with Gasteiger partial charge in [0.1, 0.15) is 5.82 Å². The zero-order valence-electron chi connectivity index (χ0n) is 15.1. The van der Waals surface area contributed by atoms with E-state index in [4.69, 9.17) is 5.73 Å². The van der Waals surface area contributed by atoms with Gasteiger partial charge in [-0.1, -0.05) is 11.8 Å². The van der Waals surface area contributed by atoms with Gasteiger partial charge < -0.3 is 11.1 Å². The fraction of sp³-hybridized carbons (Fsp3) is 0.200. The molecule has 2 aromatic carbocycles. The van der Waals surface area contributed by atoms with Crippen LogP contribution in [0.3, 0.4) is 0 Å². The van der Waals surface area contributed by atoms with Crippen LogP contribution in [0, 0.1) is 5.82 Å². The lowest BCUT2D eigenvalue weighted by molar-refractivity contribution is 0.102. The zero-order chi connectivity index (χ0) is 19.7. The van der Waals surface area contributed by atoms with Crippen LogP contribution in [0.15, 0.2) is 53.8 Å². The Morgan fingerprint density at radius 3 is 2.75 bits per heavy atom. The van der Waals surface area contributed by atoms with Crippen LogP contribution in [-0.2, 0) is 5.54 Å². The Morgan fingerprint density at radius 2 is 1.96 bits per heavy atom. The zero-order valence-corrected chi connectivity index (χ0v) is 16.0. The van der Waals surface area contributed by atoms with E-state index < -0.39 is 5.54 Å². The summed E-state index contributed by atoms with van der Waals surface area (Å²) in [5.41, 5.74) is 7.79. The first-order valence-electron chi connectivity index (χ1n) is 8.75. The minimum Gasteiger partial charge on any atom is -0.379 e. The van der Waals surface area contributed by atoms with Crippen LogP contribution in [0.25, 0.3) is 11.0 Å².